The highest BCUT2D eigenvalue weighted by atomic mass is 16.4. The lowest BCUT2D eigenvalue weighted by atomic mass is 10.0. The van der Waals surface area contributed by atoms with Gasteiger partial charge in [-0.3, -0.25) is 9.59 Å². The molecule has 0 bridgehead atoms. The Kier molecular flexibility index (Phi) is 6.12. The molecule has 0 atom stereocenters. The van der Waals surface area contributed by atoms with Gasteiger partial charge in [-0.05, 0) is 48.7 Å². The summed E-state index contributed by atoms with van der Waals surface area (Å²) < 4.78 is 5.78. The first-order valence-electron chi connectivity index (χ1n) is 9.56. The fourth-order valence-electron chi connectivity index (χ4n) is 2.96. The molecule has 0 aliphatic heterocycles. The normalized spacial score (nSPS) is 10.8. The van der Waals surface area contributed by atoms with E-state index in [0.29, 0.717) is 34.6 Å². The number of carbonyl (C=O) groups is 2. The van der Waals surface area contributed by atoms with Gasteiger partial charge in [0.15, 0.2) is 0 Å². The fourth-order valence-corrected chi connectivity index (χ4v) is 2.96. The maximum atomic E-state index is 12.5. The Morgan fingerprint density at radius 3 is 2.31 bits per heavy atom. The number of anilines is 2. The Labute approximate surface area is 170 Å². The van der Waals surface area contributed by atoms with Gasteiger partial charge in [-0.15, -0.1) is 0 Å². The predicted octanol–water partition coefficient (Wildman–Crippen LogP) is 4.91. The van der Waals surface area contributed by atoms with Crippen molar-refractivity contribution in [2.45, 2.75) is 40.0 Å². The van der Waals surface area contributed by atoms with E-state index >= 15 is 0 Å². The number of carbonyl (C=O) groups excluding carboxylic acids is 2. The quantitative estimate of drug-likeness (QED) is 0.625. The molecule has 0 aliphatic carbocycles. The molecule has 0 fully saturated rings. The van der Waals surface area contributed by atoms with Gasteiger partial charge in [-0.25, -0.2) is 4.98 Å². The summed E-state index contributed by atoms with van der Waals surface area (Å²) in [6.07, 6.45) is 0.101. The standard InChI is InChI=1S/C23H25N3O3/c1-14(2)17-8-10-18(11-9-17)23-26-21(15(3)29-23)13-22(28)25-20-7-5-6-19(12-20)24-16(4)27/h5-12,14H,13H2,1-4H3,(H,24,27)(H,25,28). The molecule has 1 aromatic heterocycles. The van der Waals surface area contributed by atoms with Gasteiger partial charge in [-0.2, -0.15) is 0 Å². The van der Waals surface area contributed by atoms with E-state index in [1.54, 1.807) is 31.2 Å². The SMILES string of the molecule is CC(=O)Nc1cccc(NC(=O)Cc2nc(-c3ccc(C(C)C)cc3)oc2C)c1. The number of benzene rings is 2. The summed E-state index contributed by atoms with van der Waals surface area (Å²) in [5.74, 6) is 1.21. The van der Waals surface area contributed by atoms with Crippen LogP contribution >= 0.6 is 0 Å². The average molecular weight is 391 g/mol. The second kappa shape index (κ2) is 8.73. The summed E-state index contributed by atoms with van der Waals surface area (Å²) in [7, 11) is 0. The molecular formula is C23H25N3O3. The number of hydrogen-bond acceptors (Lipinski definition) is 4. The second-order valence-electron chi connectivity index (χ2n) is 7.29. The van der Waals surface area contributed by atoms with Crippen LogP contribution in [0.4, 0.5) is 11.4 Å². The molecule has 6 heteroatoms. The molecule has 150 valence electrons. The van der Waals surface area contributed by atoms with E-state index in [4.69, 9.17) is 4.42 Å². The van der Waals surface area contributed by atoms with Crippen LogP contribution < -0.4 is 10.6 Å². The smallest absolute Gasteiger partial charge is 0.230 e. The van der Waals surface area contributed by atoms with E-state index in [9.17, 15) is 9.59 Å². The highest BCUT2D eigenvalue weighted by molar-refractivity contribution is 5.94. The molecule has 3 aromatic rings. The first-order chi connectivity index (χ1) is 13.8. The van der Waals surface area contributed by atoms with Gasteiger partial charge in [-0.1, -0.05) is 32.0 Å². The molecule has 2 aromatic carbocycles. The Morgan fingerprint density at radius 2 is 1.69 bits per heavy atom. The molecule has 2 N–H and O–H groups in total. The Balaban J connectivity index is 1.69. The number of nitrogens with zero attached hydrogens (tertiary/aromatic N) is 1. The van der Waals surface area contributed by atoms with Gasteiger partial charge in [0.1, 0.15) is 5.76 Å². The van der Waals surface area contributed by atoms with Gasteiger partial charge >= 0.3 is 0 Å². The highest BCUT2D eigenvalue weighted by Crippen LogP contribution is 2.24. The summed E-state index contributed by atoms with van der Waals surface area (Å²) in [5, 5.41) is 5.52. The monoisotopic (exact) mass is 391 g/mol. The zero-order valence-corrected chi connectivity index (χ0v) is 17.1. The van der Waals surface area contributed by atoms with E-state index < -0.39 is 0 Å². The third kappa shape index (κ3) is 5.31. The first-order valence-corrected chi connectivity index (χ1v) is 9.56. The predicted molar refractivity (Wildman–Crippen MR) is 114 cm³/mol. The molecule has 1 heterocycles. The number of hydrogen-bond donors (Lipinski definition) is 2. The minimum Gasteiger partial charge on any atom is -0.441 e. The number of oxazole rings is 1. The van der Waals surface area contributed by atoms with Crippen LogP contribution in [-0.2, 0) is 16.0 Å². The van der Waals surface area contributed by atoms with Crippen LogP contribution in [0, 0.1) is 6.92 Å². The molecule has 0 unspecified atom stereocenters. The molecule has 0 saturated carbocycles. The van der Waals surface area contributed by atoms with E-state index in [0.717, 1.165) is 5.56 Å². The molecule has 29 heavy (non-hydrogen) atoms. The minimum absolute atomic E-state index is 0.101. The van der Waals surface area contributed by atoms with Crippen molar-refractivity contribution in [3.05, 3.63) is 65.5 Å². The molecule has 0 aliphatic rings. The van der Waals surface area contributed by atoms with Crippen LogP contribution in [0.1, 0.15) is 43.7 Å². The third-order valence-electron chi connectivity index (χ3n) is 4.51. The first kappa shape index (κ1) is 20.3. The minimum atomic E-state index is -0.205. The summed E-state index contributed by atoms with van der Waals surface area (Å²) in [6, 6.07) is 15.1. The van der Waals surface area contributed by atoms with Crippen LogP contribution in [0.5, 0.6) is 0 Å². The lowest BCUT2D eigenvalue weighted by Crippen LogP contribution is -2.15. The largest absolute Gasteiger partial charge is 0.441 e. The summed E-state index contributed by atoms with van der Waals surface area (Å²) in [6.45, 7) is 7.53. The number of amides is 2. The van der Waals surface area contributed by atoms with Crippen molar-refractivity contribution in [1.82, 2.24) is 4.98 Å². The van der Waals surface area contributed by atoms with Crippen LogP contribution in [0.3, 0.4) is 0 Å². The van der Waals surface area contributed by atoms with E-state index in [1.807, 2.05) is 12.1 Å². The summed E-state index contributed by atoms with van der Waals surface area (Å²) >= 11 is 0. The van der Waals surface area contributed by atoms with E-state index in [1.165, 1.54) is 12.5 Å². The maximum Gasteiger partial charge on any atom is 0.230 e. The number of nitrogens with one attached hydrogen (secondary N) is 2. The fraction of sp³-hybridized carbons (Fsp3) is 0.261. The Bertz CT molecular complexity index is 1020. The number of aromatic nitrogens is 1. The lowest BCUT2D eigenvalue weighted by Gasteiger charge is -2.07. The zero-order valence-electron chi connectivity index (χ0n) is 17.1. The average Bonchev–Trinajstić information content (AvgIpc) is 3.02. The van der Waals surface area contributed by atoms with E-state index in [-0.39, 0.29) is 18.2 Å². The summed E-state index contributed by atoms with van der Waals surface area (Å²) in [5.41, 5.74) is 3.96. The maximum absolute atomic E-state index is 12.5. The van der Waals surface area contributed by atoms with Crippen molar-refractivity contribution in [2.24, 2.45) is 0 Å². The highest BCUT2D eigenvalue weighted by Gasteiger charge is 2.15. The van der Waals surface area contributed by atoms with Crippen molar-refractivity contribution >= 4 is 23.2 Å². The molecule has 0 saturated heterocycles. The Morgan fingerprint density at radius 1 is 1.03 bits per heavy atom. The van der Waals surface area contributed by atoms with E-state index in [2.05, 4.69) is 41.6 Å². The topological polar surface area (TPSA) is 84.2 Å². The molecule has 0 radical (unpaired) electrons. The number of aryl methyl sites for hydroxylation is 1. The molecule has 3 rings (SSSR count). The van der Waals surface area contributed by atoms with Crippen LogP contribution in [0.15, 0.2) is 52.9 Å². The van der Waals surface area contributed by atoms with Crippen molar-refractivity contribution in [3.63, 3.8) is 0 Å². The van der Waals surface area contributed by atoms with Gasteiger partial charge < -0.3 is 15.1 Å². The molecule has 0 spiro atoms. The molecule has 6 nitrogen and oxygen atoms in total. The van der Waals surface area contributed by atoms with Gasteiger partial charge in [0, 0.05) is 23.9 Å². The van der Waals surface area contributed by atoms with Crippen molar-refractivity contribution in [1.29, 1.82) is 0 Å². The van der Waals surface area contributed by atoms with Gasteiger partial charge in [0.05, 0.1) is 12.1 Å². The molecule has 2 amide bonds. The van der Waals surface area contributed by atoms with Crippen molar-refractivity contribution in [2.75, 3.05) is 10.6 Å². The number of rotatable bonds is 6. The Hall–Kier alpha value is -3.41. The van der Waals surface area contributed by atoms with Crippen LogP contribution in [-0.4, -0.2) is 16.8 Å². The van der Waals surface area contributed by atoms with Crippen molar-refractivity contribution < 1.29 is 14.0 Å². The van der Waals surface area contributed by atoms with Crippen LogP contribution in [0.25, 0.3) is 11.5 Å². The van der Waals surface area contributed by atoms with Gasteiger partial charge in [0.2, 0.25) is 17.7 Å². The van der Waals surface area contributed by atoms with Crippen molar-refractivity contribution in [3.8, 4) is 11.5 Å². The van der Waals surface area contributed by atoms with Crippen LogP contribution in [0.2, 0.25) is 0 Å². The zero-order chi connectivity index (χ0) is 21.0. The molecular weight excluding hydrogens is 366 g/mol. The lowest BCUT2D eigenvalue weighted by molar-refractivity contribution is -0.116. The second-order valence-corrected chi connectivity index (χ2v) is 7.29. The summed E-state index contributed by atoms with van der Waals surface area (Å²) in [4.78, 5) is 28.1. The van der Waals surface area contributed by atoms with Gasteiger partial charge in [0.25, 0.3) is 0 Å². The third-order valence-corrected chi connectivity index (χ3v) is 4.51.